The Morgan fingerprint density at radius 1 is 1.30 bits per heavy atom. The highest BCUT2D eigenvalue weighted by atomic mass is 32.1. The van der Waals surface area contributed by atoms with Crippen molar-refractivity contribution in [3.8, 4) is 0 Å². The zero-order valence-corrected chi connectivity index (χ0v) is 12.8. The maximum Gasteiger partial charge on any atom is 0.347 e. The maximum absolute atomic E-state index is 11.3. The van der Waals surface area contributed by atoms with Crippen molar-refractivity contribution in [2.24, 2.45) is 0 Å². The van der Waals surface area contributed by atoms with Crippen LogP contribution in [0.2, 0.25) is 0 Å². The number of rotatable bonds is 5. The van der Waals surface area contributed by atoms with Crippen molar-refractivity contribution in [2.75, 3.05) is 0 Å². The summed E-state index contributed by atoms with van der Waals surface area (Å²) in [7, 11) is 0. The lowest BCUT2D eigenvalue weighted by Gasteiger charge is -2.22. The van der Waals surface area contributed by atoms with Crippen molar-refractivity contribution in [1.29, 1.82) is 0 Å². The second-order valence-electron chi connectivity index (χ2n) is 5.34. The van der Waals surface area contributed by atoms with Gasteiger partial charge in [-0.05, 0) is 25.8 Å². The summed E-state index contributed by atoms with van der Waals surface area (Å²) in [6.45, 7) is 6.21. The number of carboxylic acids is 1. The number of nitrogens with zero attached hydrogens (tertiary/aromatic N) is 1. The van der Waals surface area contributed by atoms with E-state index in [-0.39, 0.29) is 5.41 Å². The number of benzene rings is 1. The van der Waals surface area contributed by atoms with Crippen LogP contribution in [0.3, 0.4) is 0 Å². The minimum absolute atomic E-state index is 0.276. The molecular weight excluding hydrogens is 270 g/mol. The van der Waals surface area contributed by atoms with E-state index in [9.17, 15) is 9.90 Å². The van der Waals surface area contributed by atoms with Crippen LogP contribution in [0.4, 0.5) is 0 Å². The van der Waals surface area contributed by atoms with Gasteiger partial charge in [0.1, 0.15) is 9.88 Å². The van der Waals surface area contributed by atoms with Gasteiger partial charge in [-0.3, -0.25) is 0 Å². The van der Waals surface area contributed by atoms with Gasteiger partial charge in [0.2, 0.25) is 0 Å². The fourth-order valence-corrected chi connectivity index (χ4v) is 3.25. The number of hydrogen-bond acceptors (Lipinski definition) is 3. The van der Waals surface area contributed by atoms with E-state index in [0.717, 1.165) is 17.0 Å². The van der Waals surface area contributed by atoms with Crippen LogP contribution in [0.25, 0.3) is 0 Å². The SMILES string of the molecule is CCCc1nc(C(C)(C)c2ccccc2)sc1C(=O)O. The first-order valence-electron chi connectivity index (χ1n) is 6.75. The maximum atomic E-state index is 11.3. The summed E-state index contributed by atoms with van der Waals surface area (Å²) in [6, 6.07) is 10.1. The third-order valence-corrected chi connectivity index (χ3v) is 4.82. The van der Waals surface area contributed by atoms with Crippen LogP contribution in [-0.2, 0) is 11.8 Å². The summed E-state index contributed by atoms with van der Waals surface area (Å²) in [6.07, 6.45) is 1.61. The number of aryl methyl sites for hydroxylation is 1. The molecule has 0 fully saturated rings. The molecule has 20 heavy (non-hydrogen) atoms. The second kappa shape index (κ2) is 5.75. The van der Waals surface area contributed by atoms with Crippen molar-refractivity contribution in [3.63, 3.8) is 0 Å². The number of thiazole rings is 1. The topological polar surface area (TPSA) is 50.2 Å². The van der Waals surface area contributed by atoms with E-state index in [1.807, 2.05) is 25.1 Å². The van der Waals surface area contributed by atoms with Crippen LogP contribution < -0.4 is 0 Å². The fraction of sp³-hybridized carbons (Fsp3) is 0.375. The summed E-state index contributed by atoms with van der Waals surface area (Å²) >= 11 is 1.30. The highest BCUT2D eigenvalue weighted by molar-refractivity contribution is 7.13. The van der Waals surface area contributed by atoms with Gasteiger partial charge in [-0.25, -0.2) is 9.78 Å². The zero-order valence-electron chi connectivity index (χ0n) is 12.0. The quantitative estimate of drug-likeness (QED) is 0.900. The molecule has 1 aromatic heterocycles. The fourth-order valence-electron chi connectivity index (χ4n) is 2.17. The summed E-state index contributed by atoms with van der Waals surface area (Å²) in [5.74, 6) is -0.874. The minimum atomic E-state index is -0.874. The van der Waals surface area contributed by atoms with E-state index in [0.29, 0.717) is 17.0 Å². The summed E-state index contributed by atoms with van der Waals surface area (Å²) in [5.41, 5.74) is 1.58. The molecule has 2 rings (SSSR count). The highest BCUT2D eigenvalue weighted by Crippen LogP contribution is 2.35. The van der Waals surface area contributed by atoms with E-state index in [4.69, 9.17) is 0 Å². The van der Waals surface area contributed by atoms with Crippen LogP contribution in [-0.4, -0.2) is 16.1 Å². The molecule has 0 aliphatic carbocycles. The molecule has 1 heterocycles. The minimum Gasteiger partial charge on any atom is -0.477 e. The Bertz CT molecular complexity index is 602. The third kappa shape index (κ3) is 2.75. The van der Waals surface area contributed by atoms with Crippen LogP contribution in [0.5, 0.6) is 0 Å². The molecule has 0 bridgehead atoms. The standard InChI is InChI=1S/C16H19NO2S/c1-4-8-12-13(14(18)19)20-15(17-12)16(2,3)11-9-6-5-7-10-11/h5-7,9-10H,4,8H2,1-3H3,(H,18,19). The molecule has 0 unspecified atom stereocenters. The Hall–Kier alpha value is -1.68. The Labute approximate surface area is 123 Å². The van der Waals surface area contributed by atoms with Gasteiger partial charge in [-0.15, -0.1) is 11.3 Å². The molecule has 0 spiro atoms. The van der Waals surface area contributed by atoms with Crippen molar-refractivity contribution in [3.05, 3.63) is 51.5 Å². The lowest BCUT2D eigenvalue weighted by atomic mass is 9.85. The molecule has 4 heteroatoms. The van der Waals surface area contributed by atoms with Gasteiger partial charge in [-0.2, -0.15) is 0 Å². The van der Waals surface area contributed by atoms with Crippen molar-refractivity contribution >= 4 is 17.3 Å². The number of aromatic nitrogens is 1. The lowest BCUT2D eigenvalue weighted by Crippen LogP contribution is -2.18. The summed E-state index contributed by atoms with van der Waals surface area (Å²) in [4.78, 5) is 16.3. The number of carboxylic acid groups (broad SMARTS) is 1. The van der Waals surface area contributed by atoms with Gasteiger partial charge in [0.25, 0.3) is 0 Å². The average molecular weight is 289 g/mol. The average Bonchev–Trinajstić information content (AvgIpc) is 2.85. The van der Waals surface area contributed by atoms with E-state index in [2.05, 4.69) is 31.0 Å². The molecule has 3 nitrogen and oxygen atoms in total. The Kier molecular flexibility index (Phi) is 4.23. The molecule has 1 aromatic carbocycles. The van der Waals surface area contributed by atoms with E-state index in [1.165, 1.54) is 11.3 Å². The summed E-state index contributed by atoms with van der Waals surface area (Å²) < 4.78 is 0. The second-order valence-corrected chi connectivity index (χ2v) is 6.34. The molecule has 0 radical (unpaired) electrons. The molecule has 0 aliphatic heterocycles. The van der Waals surface area contributed by atoms with Gasteiger partial charge in [-0.1, -0.05) is 43.7 Å². The zero-order chi connectivity index (χ0) is 14.8. The lowest BCUT2D eigenvalue weighted by molar-refractivity contribution is 0.0700. The first-order valence-corrected chi connectivity index (χ1v) is 7.57. The number of carbonyl (C=O) groups is 1. The van der Waals surface area contributed by atoms with Crippen LogP contribution in [0, 0.1) is 0 Å². The Morgan fingerprint density at radius 3 is 2.50 bits per heavy atom. The molecule has 0 amide bonds. The van der Waals surface area contributed by atoms with E-state index < -0.39 is 5.97 Å². The largest absolute Gasteiger partial charge is 0.477 e. The highest BCUT2D eigenvalue weighted by Gasteiger charge is 2.29. The smallest absolute Gasteiger partial charge is 0.347 e. The summed E-state index contributed by atoms with van der Waals surface area (Å²) in [5, 5.41) is 10.2. The predicted octanol–water partition coefficient (Wildman–Crippen LogP) is 4.12. The van der Waals surface area contributed by atoms with Gasteiger partial charge in [0.05, 0.1) is 5.69 Å². The predicted molar refractivity (Wildman–Crippen MR) is 81.6 cm³/mol. The molecular formula is C16H19NO2S. The molecule has 0 aliphatic rings. The van der Waals surface area contributed by atoms with Gasteiger partial charge in [0, 0.05) is 5.41 Å². The normalized spacial score (nSPS) is 11.6. The van der Waals surface area contributed by atoms with Crippen molar-refractivity contribution < 1.29 is 9.90 Å². The third-order valence-electron chi connectivity index (χ3n) is 3.41. The molecule has 1 N–H and O–H groups in total. The Morgan fingerprint density at radius 2 is 1.95 bits per heavy atom. The van der Waals surface area contributed by atoms with Gasteiger partial charge >= 0.3 is 5.97 Å². The van der Waals surface area contributed by atoms with E-state index >= 15 is 0 Å². The van der Waals surface area contributed by atoms with Crippen molar-refractivity contribution in [2.45, 2.75) is 39.0 Å². The number of hydrogen-bond donors (Lipinski definition) is 1. The molecule has 0 saturated heterocycles. The van der Waals surface area contributed by atoms with Crippen LogP contribution >= 0.6 is 11.3 Å². The van der Waals surface area contributed by atoms with Gasteiger partial charge in [0.15, 0.2) is 0 Å². The first kappa shape index (κ1) is 14.7. The first-order chi connectivity index (χ1) is 9.46. The molecule has 106 valence electrons. The van der Waals surface area contributed by atoms with Crippen molar-refractivity contribution in [1.82, 2.24) is 4.98 Å². The van der Waals surface area contributed by atoms with Gasteiger partial charge < -0.3 is 5.11 Å². The Balaban J connectivity index is 2.47. The molecule has 0 atom stereocenters. The monoisotopic (exact) mass is 289 g/mol. The number of aromatic carboxylic acids is 1. The van der Waals surface area contributed by atoms with Crippen LogP contribution in [0.15, 0.2) is 30.3 Å². The molecule has 0 saturated carbocycles. The van der Waals surface area contributed by atoms with Crippen LogP contribution in [0.1, 0.15) is 53.1 Å². The van der Waals surface area contributed by atoms with E-state index in [1.54, 1.807) is 0 Å². The molecule has 2 aromatic rings.